The van der Waals surface area contributed by atoms with Crippen LogP contribution in [0.1, 0.15) is 22.3 Å². The highest BCUT2D eigenvalue weighted by Gasteiger charge is 2.03. The Morgan fingerprint density at radius 1 is 1.33 bits per heavy atom. The van der Waals surface area contributed by atoms with Crippen molar-refractivity contribution in [1.29, 1.82) is 0 Å². The molecule has 0 heterocycles. The Balaban J connectivity index is 2.89. The molecule has 0 aromatic heterocycles. The van der Waals surface area contributed by atoms with E-state index in [-0.39, 0.29) is 6.42 Å². The number of amides is 1. The summed E-state index contributed by atoms with van der Waals surface area (Å²) in [5.41, 5.74) is 6.18. The molecule has 4 nitrogen and oxygen atoms in total. The van der Waals surface area contributed by atoms with Crippen molar-refractivity contribution >= 4 is 18.0 Å². The van der Waals surface area contributed by atoms with Crippen molar-refractivity contribution in [3.63, 3.8) is 0 Å². The lowest BCUT2D eigenvalue weighted by atomic mass is 10.1. The summed E-state index contributed by atoms with van der Waals surface area (Å²) in [5.74, 6) is -1.44. The van der Waals surface area contributed by atoms with Crippen molar-refractivity contribution in [2.24, 2.45) is 5.73 Å². The maximum Gasteiger partial charge on any atom is 0.307 e. The third-order valence-electron chi connectivity index (χ3n) is 1.82. The molecular weight excluding hydrogens is 194 g/mol. The molecule has 3 N–H and O–H groups in total. The van der Waals surface area contributed by atoms with Crippen molar-refractivity contribution in [1.82, 2.24) is 0 Å². The van der Waals surface area contributed by atoms with Gasteiger partial charge in [-0.1, -0.05) is 30.4 Å². The van der Waals surface area contributed by atoms with E-state index in [0.29, 0.717) is 11.1 Å². The largest absolute Gasteiger partial charge is 0.481 e. The minimum absolute atomic E-state index is 0.0763. The van der Waals surface area contributed by atoms with E-state index in [9.17, 15) is 9.59 Å². The summed E-state index contributed by atoms with van der Waals surface area (Å²) in [5, 5.41) is 8.43. The number of carbonyl (C=O) groups is 2. The van der Waals surface area contributed by atoms with E-state index in [1.807, 2.05) is 0 Å². The lowest BCUT2D eigenvalue weighted by Crippen LogP contribution is -2.12. The van der Waals surface area contributed by atoms with Gasteiger partial charge in [-0.3, -0.25) is 9.59 Å². The molecule has 0 saturated heterocycles. The van der Waals surface area contributed by atoms with E-state index in [4.69, 9.17) is 10.8 Å². The number of carboxylic acid groups (broad SMARTS) is 1. The molecule has 1 rings (SSSR count). The van der Waals surface area contributed by atoms with Crippen LogP contribution in [0.2, 0.25) is 0 Å². The average molecular weight is 205 g/mol. The van der Waals surface area contributed by atoms with E-state index in [2.05, 4.69) is 0 Å². The normalized spacial score (nSPS) is 10.4. The second kappa shape index (κ2) is 4.95. The van der Waals surface area contributed by atoms with E-state index in [0.717, 1.165) is 0 Å². The number of carboxylic acids is 1. The zero-order valence-corrected chi connectivity index (χ0v) is 8.01. The topological polar surface area (TPSA) is 80.4 Å². The molecule has 0 spiro atoms. The number of rotatable bonds is 4. The third kappa shape index (κ3) is 3.27. The molecule has 1 aromatic rings. The van der Waals surface area contributed by atoms with Crippen molar-refractivity contribution < 1.29 is 14.7 Å². The van der Waals surface area contributed by atoms with Gasteiger partial charge in [-0.2, -0.15) is 0 Å². The molecule has 0 saturated carbocycles. The van der Waals surface area contributed by atoms with Crippen LogP contribution in [-0.4, -0.2) is 17.0 Å². The molecule has 0 aliphatic carbocycles. The zero-order chi connectivity index (χ0) is 11.3. The van der Waals surface area contributed by atoms with Gasteiger partial charge in [-0.05, 0) is 11.6 Å². The molecule has 0 bridgehead atoms. The zero-order valence-electron chi connectivity index (χ0n) is 8.01. The van der Waals surface area contributed by atoms with Gasteiger partial charge < -0.3 is 10.8 Å². The summed E-state index contributed by atoms with van der Waals surface area (Å²) in [4.78, 5) is 21.3. The maximum absolute atomic E-state index is 11.0. The highest BCUT2D eigenvalue weighted by Crippen LogP contribution is 2.10. The van der Waals surface area contributed by atoms with Gasteiger partial charge >= 0.3 is 5.97 Å². The van der Waals surface area contributed by atoms with E-state index in [1.165, 1.54) is 6.08 Å². The van der Waals surface area contributed by atoms with E-state index < -0.39 is 11.9 Å². The van der Waals surface area contributed by atoms with Crippen molar-refractivity contribution in [3.8, 4) is 0 Å². The van der Waals surface area contributed by atoms with Gasteiger partial charge in [0, 0.05) is 5.56 Å². The Labute approximate surface area is 87.0 Å². The number of hydrogen-bond donors (Lipinski definition) is 2. The van der Waals surface area contributed by atoms with Crippen LogP contribution in [0.4, 0.5) is 0 Å². The molecule has 0 fully saturated rings. The SMILES string of the molecule is NC(=O)c1ccccc1C=CCC(=O)O. The summed E-state index contributed by atoms with van der Waals surface area (Å²) in [6, 6.07) is 6.77. The minimum Gasteiger partial charge on any atom is -0.481 e. The van der Waals surface area contributed by atoms with Crippen LogP contribution in [-0.2, 0) is 4.79 Å². The molecule has 0 aliphatic heterocycles. The van der Waals surface area contributed by atoms with Gasteiger partial charge in [-0.15, -0.1) is 0 Å². The molecule has 78 valence electrons. The van der Waals surface area contributed by atoms with Crippen LogP contribution in [0.3, 0.4) is 0 Å². The Kier molecular flexibility index (Phi) is 3.62. The van der Waals surface area contributed by atoms with Gasteiger partial charge in [0.1, 0.15) is 0 Å². The highest BCUT2D eigenvalue weighted by atomic mass is 16.4. The smallest absolute Gasteiger partial charge is 0.307 e. The lowest BCUT2D eigenvalue weighted by Gasteiger charge is -2.00. The summed E-state index contributed by atoms with van der Waals surface area (Å²) >= 11 is 0. The summed E-state index contributed by atoms with van der Waals surface area (Å²) in [6.07, 6.45) is 2.98. The lowest BCUT2D eigenvalue weighted by molar-refractivity contribution is -0.135. The van der Waals surface area contributed by atoms with E-state index in [1.54, 1.807) is 30.3 Å². The standard InChI is InChI=1S/C11H11NO3/c12-11(15)9-6-2-1-4-8(9)5-3-7-10(13)14/h1-6H,7H2,(H2,12,15)(H,13,14). The number of primary amides is 1. The van der Waals surface area contributed by atoms with Crippen molar-refractivity contribution in [2.45, 2.75) is 6.42 Å². The monoisotopic (exact) mass is 205 g/mol. The second-order valence-electron chi connectivity index (χ2n) is 2.95. The molecule has 4 heteroatoms. The summed E-state index contributed by atoms with van der Waals surface area (Å²) < 4.78 is 0. The number of aliphatic carboxylic acids is 1. The fraction of sp³-hybridized carbons (Fsp3) is 0.0909. The molecular formula is C11H11NO3. The van der Waals surface area contributed by atoms with Gasteiger partial charge in [-0.25, -0.2) is 0 Å². The fourth-order valence-electron chi connectivity index (χ4n) is 1.15. The number of carbonyl (C=O) groups excluding carboxylic acids is 1. The van der Waals surface area contributed by atoms with Gasteiger partial charge in [0.25, 0.3) is 0 Å². The van der Waals surface area contributed by atoms with Crippen LogP contribution < -0.4 is 5.73 Å². The van der Waals surface area contributed by atoms with Crippen LogP contribution in [0, 0.1) is 0 Å². The Morgan fingerprint density at radius 2 is 2.00 bits per heavy atom. The maximum atomic E-state index is 11.0. The van der Waals surface area contributed by atoms with Crippen LogP contribution in [0.15, 0.2) is 30.3 Å². The van der Waals surface area contributed by atoms with Crippen LogP contribution >= 0.6 is 0 Å². The number of hydrogen-bond acceptors (Lipinski definition) is 2. The van der Waals surface area contributed by atoms with Crippen molar-refractivity contribution in [2.75, 3.05) is 0 Å². The van der Waals surface area contributed by atoms with Crippen molar-refractivity contribution in [3.05, 3.63) is 41.5 Å². The predicted molar refractivity (Wildman–Crippen MR) is 56.2 cm³/mol. The average Bonchev–Trinajstić information content (AvgIpc) is 2.17. The first-order chi connectivity index (χ1) is 7.11. The molecule has 15 heavy (non-hydrogen) atoms. The Bertz CT molecular complexity index is 410. The van der Waals surface area contributed by atoms with Gasteiger partial charge in [0.2, 0.25) is 5.91 Å². The first-order valence-electron chi connectivity index (χ1n) is 4.38. The van der Waals surface area contributed by atoms with Crippen LogP contribution in [0.25, 0.3) is 6.08 Å². The van der Waals surface area contributed by atoms with Gasteiger partial charge in [0.15, 0.2) is 0 Å². The third-order valence-corrected chi connectivity index (χ3v) is 1.82. The molecule has 0 radical (unpaired) electrons. The molecule has 0 unspecified atom stereocenters. The summed E-state index contributed by atoms with van der Waals surface area (Å²) in [7, 11) is 0. The molecule has 1 aromatic carbocycles. The van der Waals surface area contributed by atoms with Gasteiger partial charge in [0.05, 0.1) is 6.42 Å². The Hall–Kier alpha value is -2.10. The summed E-state index contributed by atoms with van der Waals surface area (Å²) in [6.45, 7) is 0. The number of benzene rings is 1. The fourth-order valence-corrected chi connectivity index (χ4v) is 1.15. The first kappa shape index (κ1) is 11.0. The highest BCUT2D eigenvalue weighted by molar-refractivity contribution is 5.96. The first-order valence-corrected chi connectivity index (χ1v) is 4.38. The quantitative estimate of drug-likeness (QED) is 0.776. The molecule has 1 amide bonds. The van der Waals surface area contributed by atoms with Crippen LogP contribution in [0.5, 0.6) is 0 Å². The molecule has 0 atom stereocenters. The Morgan fingerprint density at radius 3 is 2.60 bits per heavy atom. The predicted octanol–water partition coefficient (Wildman–Crippen LogP) is 1.27. The van der Waals surface area contributed by atoms with E-state index >= 15 is 0 Å². The minimum atomic E-state index is -0.914. The second-order valence-corrected chi connectivity index (χ2v) is 2.95. The molecule has 0 aliphatic rings. The number of nitrogens with two attached hydrogens (primary N) is 1.